The number of aromatic nitrogens is 2. The highest BCUT2D eigenvalue weighted by Crippen LogP contribution is 2.38. The van der Waals surface area contributed by atoms with E-state index in [0.29, 0.717) is 16.0 Å². The van der Waals surface area contributed by atoms with Gasteiger partial charge in [0.15, 0.2) is 5.82 Å². The Hall–Kier alpha value is -0.200. The average molecular weight is 453 g/mol. The lowest BCUT2D eigenvalue weighted by molar-refractivity contribution is 1.23. The van der Waals surface area contributed by atoms with Gasteiger partial charge in [-0.25, -0.2) is 9.97 Å². The molecule has 0 bridgehead atoms. The van der Waals surface area contributed by atoms with Crippen LogP contribution in [0.25, 0.3) is 21.6 Å². The summed E-state index contributed by atoms with van der Waals surface area (Å²) >= 11 is 21.0. The zero-order valence-corrected chi connectivity index (χ0v) is 15.5. The zero-order valence-electron chi connectivity index (χ0n) is 10.0. The van der Waals surface area contributed by atoms with Crippen molar-refractivity contribution in [3.63, 3.8) is 0 Å². The number of benzene rings is 1. The second kappa shape index (κ2) is 5.54. The van der Waals surface area contributed by atoms with Crippen LogP contribution in [0.15, 0.2) is 26.5 Å². The topological polar surface area (TPSA) is 25.8 Å². The van der Waals surface area contributed by atoms with Gasteiger partial charge in [-0.3, -0.25) is 0 Å². The third-order valence-electron chi connectivity index (χ3n) is 2.77. The lowest BCUT2D eigenvalue weighted by Crippen LogP contribution is -1.92. The summed E-state index contributed by atoms with van der Waals surface area (Å²) in [6.07, 6.45) is 0. The molecule has 102 valence electrons. The first-order chi connectivity index (χ1) is 9.47. The van der Waals surface area contributed by atoms with Crippen LogP contribution in [0.1, 0.15) is 5.56 Å². The highest BCUT2D eigenvalue weighted by atomic mass is 79.9. The quantitative estimate of drug-likeness (QED) is 0.394. The van der Waals surface area contributed by atoms with Crippen LogP contribution in [-0.2, 0) is 0 Å². The van der Waals surface area contributed by atoms with Gasteiger partial charge < -0.3 is 0 Å². The largest absolute Gasteiger partial charge is 0.226 e. The fraction of sp³-hybridized carbons (Fsp3) is 0.0769. The Bertz CT molecular complexity index is 833. The summed E-state index contributed by atoms with van der Waals surface area (Å²) in [4.78, 5) is 9.79. The average Bonchev–Trinajstić information content (AvgIpc) is 2.71. The van der Waals surface area contributed by atoms with Crippen molar-refractivity contribution in [1.82, 2.24) is 9.97 Å². The van der Waals surface area contributed by atoms with E-state index < -0.39 is 0 Å². The lowest BCUT2D eigenvalue weighted by atomic mass is 10.2. The Morgan fingerprint density at radius 3 is 2.55 bits per heavy atom. The maximum atomic E-state index is 6.28. The number of aryl methyl sites for hydroxylation is 1. The van der Waals surface area contributed by atoms with Crippen molar-refractivity contribution in [3.05, 3.63) is 42.2 Å². The molecule has 0 fully saturated rings. The Morgan fingerprint density at radius 2 is 1.90 bits per heavy atom. The monoisotopic (exact) mass is 450 g/mol. The van der Waals surface area contributed by atoms with Gasteiger partial charge in [-0.15, -0.1) is 11.3 Å². The molecule has 0 unspecified atom stereocenters. The van der Waals surface area contributed by atoms with Crippen LogP contribution in [-0.4, -0.2) is 9.97 Å². The van der Waals surface area contributed by atoms with Crippen LogP contribution in [0, 0.1) is 6.92 Å². The lowest BCUT2D eigenvalue weighted by Gasteiger charge is -2.06. The molecule has 0 saturated carbocycles. The molecule has 0 amide bonds. The van der Waals surface area contributed by atoms with Crippen LogP contribution in [0.2, 0.25) is 10.2 Å². The number of hydrogen-bond acceptors (Lipinski definition) is 3. The standard InChI is InChI=1S/C13H6Br2Cl2N2S/c1-5-4-20-11(9(5)16)13-18-10-7(12(17)19-13)2-6(14)3-8(10)15/h2-4H,1H3. The summed E-state index contributed by atoms with van der Waals surface area (Å²) in [5.74, 6) is 0.550. The minimum Gasteiger partial charge on any atom is -0.226 e. The number of nitrogens with zero attached hydrogens (tertiary/aromatic N) is 2. The molecule has 0 aliphatic carbocycles. The van der Waals surface area contributed by atoms with Crippen LogP contribution in [0.5, 0.6) is 0 Å². The molecule has 3 rings (SSSR count). The summed E-state index contributed by atoms with van der Waals surface area (Å²) in [5.41, 5.74) is 1.78. The van der Waals surface area contributed by atoms with Crippen molar-refractivity contribution < 1.29 is 0 Å². The first kappa shape index (κ1) is 14.7. The van der Waals surface area contributed by atoms with Crippen molar-refractivity contribution in [1.29, 1.82) is 0 Å². The third kappa shape index (κ3) is 2.50. The van der Waals surface area contributed by atoms with Crippen LogP contribution in [0.3, 0.4) is 0 Å². The molecule has 0 atom stereocenters. The van der Waals surface area contributed by atoms with E-state index in [-0.39, 0.29) is 0 Å². The molecule has 0 radical (unpaired) electrons. The number of halogens is 4. The van der Waals surface area contributed by atoms with Crippen molar-refractivity contribution in [2.45, 2.75) is 6.92 Å². The van der Waals surface area contributed by atoms with E-state index in [1.807, 2.05) is 24.4 Å². The number of fused-ring (bicyclic) bond motifs is 1. The SMILES string of the molecule is Cc1csc(-c2nc(Cl)c3cc(Br)cc(Br)c3n2)c1Cl. The second-order valence-corrected chi connectivity index (χ2v) is 7.57. The molecular weight excluding hydrogens is 447 g/mol. The molecule has 0 saturated heterocycles. The number of hydrogen-bond donors (Lipinski definition) is 0. The summed E-state index contributed by atoms with van der Waals surface area (Å²) in [7, 11) is 0. The van der Waals surface area contributed by atoms with Gasteiger partial charge in [0.25, 0.3) is 0 Å². The van der Waals surface area contributed by atoms with Gasteiger partial charge in [-0.2, -0.15) is 0 Å². The van der Waals surface area contributed by atoms with E-state index in [1.54, 1.807) is 0 Å². The zero-order chi connectivity index (χ0) is 14.4. The van der Waals surface area contributed by atoms with Crippen molar-refractivity contribution >= 4 is 77.3 Å². The third-order valence-corrected chi connectivity index (χ3v) is 5.82. The van der Waals surface area contributed by atoms with Crippen LogP contribution in [0.4, 0.5) is 0 Å². The van der Waals surface area contributed by atoms with Crippen molar-refractivity contribution in [2.24, 2.45) is 0 Å². The molecule has 0 aliphatic rings. The Morgan fingerprint density at radius 1 is 1.15 bits per heavy atom. The summed E-state index contributed by atoms with van der Waals surface area (Å²) in [5, 5.41) is 3.87. The molecule has 7 heteroatoms. The van der Waals surface area contributed by atoms with E-state index in [0.717, 1.165) is 30.3 Å². The van der Waals surface area contributed by atoms with Gasteiger partial charge in [0, 0.05) is 14.3 Å². The number of thiophene rings is 1. The van der Waals surface area contributed by atoms with E-state index >= 15 is 0 Å². The molecule has 3 aromatic rings. The Kier molecular flexibility index (Phi) is 4.08. The molecule has 1 aromatic carbocycles. The molecular formula is C13H6Br2Cl2N2S. The molecule has 0 aliphatic heterocycles. The highest BCUT2D eigenvalue weighted by Gasteiger charge is 2.15. The van der Waals surface area contributed by atoms with E-state index in [1.165, 1.54) is 11.3 Å². The maximum Gasteiger partial charge on any atom is 0.173 e. The summed E-state index contributed by atoms with van der Waals surface area (Å²) in [6.45, 7) is 1.96. The van der Waals surface area contributed by atoms with Gasteiger partial charge in [0.1, 0.15) is 5.15 Å². The minimum atomic E-state index is 0.411. The van der Waals surface area contributed by atoms with E-state index in [2.05, 4.69) is 41.8 Å². The molecule has 2 nitrogen and oxygen atoms in total. The van der Waals surface area contributed by atoms with E-state index in [9.17, 15) is 0 Å². The molecule has 0 spiro atoms. The summed E-state index contributed by atoms with van der Waals surface area (Å²) in [6, 6.07) is 3.82. The Balaban J connectivity index is 2.32. The Labute approximate surface area is 146 Å². The number of rotatable bonds is 1. The maximum absolute atomic E-state index is 6.28. The predicted octanol–water partition coefficient (Wildman–Crippen LogP) is 6.50. The van der Waals surface area contributed by atoms with Gasteiger partial charge >= 0.3 is 0 Å². The second-order valence-electron chi connectivity index (χ2n) is 4.18. The van der Waals surface area contributed by atoms with Crippen molar-refractivity contribution in [2.75, 3.05) is 0 Å². The van der Waals surface area contributed by atoms with E-state index in [4.69, 9.17) is 23.2 Å². The first-order valence-electron chi connectivity index (χ1n) is 5.53. The van der Waals surface area contributed by atoms with Crippen LogP contribution < -0.4 is 0 Å². The van der Waals surface area contributed by atoms with Crippen molar-refractivity contribution in [3.8, 4) is 10.7 Å². The van der Waals surface area contributed by atoms with Gasteiger partial charge in [-0.1, -0.05) is 39.1 Å². The van der Waals surface area contributed by atoms with Gasteiger partial charge in [0.2, 0.25) is 0 Å². The van der Waals surface area contributed by atoms with Gasteiger partial charge in [0.05, 0.1) is 15.4 Å². The molecule has 2 heterocycles. The molecule has 2 aromatic heterocycles. The summed E-state index contributed by atoms with van der Waals surface area (Å²) < 4.78 is 1.77. The smallest absolute Gasteiger partial charge is 0.173 e. The van der Waals surface area contributed by atoms with Gasteiger partial charge in [-0.05, 0) is 45.9 Å². The molecule has 0 N–H and O–H groups in total. The normalized spacial score (nSPS) is 11.2. The predicted molar refractivity (Wildman–Crippen MR) is 93.0 cm³/mol. The first-order valence-corrected chi connectivity index (χ1v) is 8.76. The minimum absolute atomic E-state index is 0.411. The fourth-order valence-corrected chi connectivity index (χ4v) is 4.55. The molecule has 20 heavy (non-hydrogen) atoms. The highest BCUT2D eigenvalue weighted by molar-refractivity contribution is 9.11. The van der Waals surface area contributed by atoms with Crippen LogP contribution >= 0.6 is 66.4 Å². The fourth-order valence-electron chi connectivity index (χ4n) is 1.80.